The van der Waals surface area contributed by atoms with E-state index >= 15 is 0 Å². The Balaban J connectivity index is 1.79. The Morgan fingerprint density at radius 2 is 1.65 bits per heavy atom. The predicted molar refractivity (Wildman–Crippen MR) is 82.5 cm³/mol. The van der Waals surface area contributed by atoms with E-state index in [-0.39, 0.29) is 0 Å². The van der Waals surface area contributed by atoms with Gasteiger partial charge in [0.15, 0.2) is 0 Å². The number of anilines is 2. The first kappa shape index (κ1) is 11.3. The number of hydrogen-bond acceptors (Lipinski definition) is 3. The molecule has 0 amide bonds. The van der Waals surface area contributed by atoms with Crippen LogP contribution in [0, 0.1) is 0 Å². The first-order chi connectivity index (χ1) is 9.83. The standard InChI is InChI=1S/C17H15N3/c18-17-14-6-3-9-19-15(14)7-8-16(17)20-10-12-4-1-2-5-13(12)11-20/h1-9H,10-11,18H2. The Labute approximate surface area is 117 Å². The molecule has 0 spiro atoms. The van der Waals surface area contributed by atoms with Crippen LogP contribution >= 0.6 is 0 Å². The lowest BCUT2D eigenvalue weighted by Gasteiger charge is -2.20. The van der Waals surface area contributed by atoms with Crippen LogP contribution in [-0.4, -0.2) is 4.98 Å². The van der Waals surface area contributed by atoms with Gasteiger partial charge in [-0.2, -0.15) is 0 Å². The molecule has 0 fully saturated rings. The van der Waals surface area contributed by atoms with Crippen LogP contribution in [0.15, 0.2) is 54.7 Å². The molecule has 1 aliphatic heterocycles. The van der Waals surface area contributed by atoms with Crippen LogP contribution in [0.1, 0.15) is 11.1 Å². The Morgan fingerprint density at radius 3 is 2.40 bits per heavy atom. The van der Waals surface area contributed by atoms with Crippen LogP contribution in [0.5, 0.6) is 0 Å². The maximum absolute atomic E-state index is 6.35. The van der Waals surface area contributed by atoms with Crippen molar-refractivity contribution >= 4 is 22.3 Å². The average molecular weight is 261 g/mol. The largest absolute Gasteiger partial charge is 0.396 e. The van der Waals surface area contributed by atoms with Gasteiger partial charge in [-0.3, -0.25) is 4.98 Å². The summed E-state index contributed by atoms with van der Waals surface area (Å²) in [4.78, 5) is 6.68. The Bertz CT molecular complexity index is 770. The fourth-order valence-corrected chi connectivity index (χ4v) is 2.94. The summed E-state index contributed by atoms with van der Waals surface area (Å²) in [5.41, 5.74) is 12.0. The normalized spacial score (nSPS) is 13.7. The molecule has 98 valence electrons. The molecule has 3 nitrogen and oxygen atoms in total. The van der Waals surface area contributed by atoms with E-state index in [1.165, 1.54) is 11.1 Å². The van der Waals surface area contributed by atoms with E-state index in [9.17, 15) is 0 Å². The lowest BCUT2D eigenvalue weighted by molar-refractivity contribution is 0.883. The molecule has 0 saturated heterocycles. The Kier molecular flexibility index (Phi) is 2.39. The SMILES string of the molecule is Nc1c(N2Cc3ccccc3C2)ccc2ncccc12. The molecule has 0 aliphatic carbocycles. The van der Waals surface area contributed by atoms with E-state index < -0.39 is 0 Å². The molecule has 2 heterocycles. The Morgan fingerprint density at radius 1 is 0.900 bits per heavy atom. The summed E-state index contributed by atoms with van der Waals surface area (Å²) in [5, 5.41) is 1.03. The molecule has 3 heteroatoms. The van der Waals surface area contributed by atoms with Crippen molar-refractivity contribution in [2.45, 2.75) is 13.1 Å². The zero-order chi connectivity index (χ0) is 13.5. The molecule has 3 aromatic rings. The van der Waals surface area contributed by atoms with Gasteiger partial charge in [0.25, 0.3) is 0 Å². The van der Waals surface area contributed by atoms with Crippen LogP contribution in [0.2, 0.25) is 0 Å². The number of nitrogens with two attached hydrogens (primary N) is 1. The van der Waals surface area contributed by atoms with E-state index in [2.05, 4.69) is 40.2 Å². The quantitative estimate of drug-likeness (QED) is 0.683. The molecule has 20 heavy (non-hydrogen) atoms. The van der Waals surface area contributed by atoms with Gasteiger partial charge in [0.2, 0.25) is 0 Å². The third kappa shape index (κ3) is 1.63. The van der Waals surface area contributed by atoms with Crippen LogP contribution in [0.3, 0.4) is 0 Å². The molecular weight excluding hydrogens is 246 g/mol. The minimum atomic E-state index is 0.823. The molecule has 1 aromatic heterocycles. The number of hydrogen-bond donors (Lipinski definition) is 1. The van der Waals surface area contributed by atoms with E-state index in [4.69, 9.17) is 5.73 Å². The van der Waals surface area contributed by atoms with Gasteiger partial charge < -0.3 is 10.6 Å². The molecule has 2 N–H and O–H groups in total. The van der Waals surface area contributed by atoms with Crippen LogP contribution in [-0.2, 0) is 13.1 Å². The lowest BCUT2D eigenvalue weighted by Crippen LogP contribution is -2.16. The summed E-state index contributed by atoms with van der Waals surface area (Å²) in [6.45, 7) is 1.85. The van der Waals surface area contributed by atoms with Crippen molar-refractivity contribution < 1.29 is 0 Å². The van der Waals surface area contributed by atoms with Crippen molar-refractivity contribution in [1.29, 1.82) is 0 Å². The van der Waals surface area contributed by atoms with Gasteiger partial charge in [0.05, 0.1) is 16.9 Å². The first-order valence-electron chi connectivity index (χ1n) is 6.78. The van der Waals surface area contributed by atoms with Crippen molar-refractivity contribution in [3.8, 4) is 0 Å². The predicted octanol–water partition coefficient (Wildman–Crippen LogP) is 3.34. The van der Waals surface area contributed by atoms with Crippen molar-refractivity contribution in [3.05, 3.63) is 65.9 Å². The highest BCUT2D eigenvalue weighted by Crippen LogP contribution is 2.35. The van der Waals surface area contributed by atoms with E-state index in [1.807, 2.05) is 18.2 Å². The molecule has 0 saturated carbocycles. The smallest absolute Gasteiger partial charge is 0.0724 e. The van der Waals surface area contributed by atoms with E-state index in [0.717, 1.165) is 35.4 Å². The monoisotopic (exact) mass is 261 g/mol. The number of benzene rings is 2. The zero-order valence-corrected chi connectivity index (χ0v) is 11.1. The van der Waals surface area contributed by atoms with Crippen LogP contribution < -0.4 is 10.6 Å². The molecule has 1 aliphatic rings. The number of pyridine rings is 1. The van der Waals surface area contributed by atoms with Gasteiger partial charge in [0, 0.05) is 24.7 Å². The highest BCUT2D eigenvalue weighted by atomic mass is 15.2. The van der Waals surface area contributed by atoms with Gasteiger partial charge >= 0.3 is 0 Å². The number of fused-ring (bicyclic) bond motifs is 2. The maximum Gasteiger partial charge on any atom is 0.0724 e. The zero-order valence-electron chi connectivity index (χ0n) is 11.1. The van der Waals surface area contributed by atoms with Gasteiger partial charge in [-0.15, -0.1) is 0 Å². The second-order valence-electron chi connectivity index (χ2n) is 5.19. The molecule has 4 rings (SSSR count). The Hall–Kier alpha value is -2.55. The topological polar surface area (TPSA) is 42.1 Å². The summed E-state index contributed by atoms with van der Waals surface area (Å²) in [7, 11) is 0. The third-order valence-electron chi connectivity index (χ3n) is 3.99. The second-order valence-corrected chi connectivity index (χ2v) is 5.19. The minimum Gasteiger partial charge on any atom is -0.396 e. The summed E-state index contributed by atoms with van der Waals surface area (Å²) in [5.74, 6) is 0. The number of rotatable bonds is 1. The molecule has 0 radical (unpaired) electrons. The first-order valence-corrected chi connectivity index (χ1v) is 6.78. The second kappa shape index (κ2) is 4.23. The maximum atomic E-state index is 6.35. The van der Waals surface area contributed by atoms with Crippen molar-refractivity contribution in [2.24, 2.45) is 0 Å². The third-order valence-corrected chi connectivity index (χ3v) is 3.99. The van der Waals surface area contributed by atoms with Crippen molar-refractivity contribution in [3.63, 3.8) is 0 Å². The number of nitrogens with zero attached hydrogens (tertiary/aromatic N) is 2. The van der Waals surface area contributed by atoms with E-state index in [1.54, 1.807) is 6.20 Å². The summed E-state index contributed by atoms with van der Waals surface area (Å²) in [6.07, 6.45) is 1.80. The lowest BCUT2D eigenvalue weighted by atomic mass is 10.1. The number of nitrogen functional groups attached to an aromatic ring is 1. The van der Waals surface area contributed by atoms with Crippen LogP contribution in [0.4, 0.5) is 11.4 Å². The van der Waals surface area contributed by atoms with E-state index in [0.29, 0.717) is 0 Å². The fraction of sp³-hybridized carbons (Fsp3) is 0.118. The highest BCUT2D eigenvalue weighted by Gasteiger charge is 2.20. The van der Waals surface area contributed by atoms with Crippen molar-refractivity contribution in [2.75, 3.05) is 10.6 Å². The summed E-state index contributed by atoms with van der Waals surface area (Å²) < 4.78 is 0. The minimum absolute atomic E-state index is 0.823. The van der Waals surface area contributed by atoms with Gasteiger partial charge in [-0.05, 0) is 35.4 Å². The van der Waals surface area contributed by atoms with Gasteiger partial charge in [0.1, 0.15) is 0 Å². The van der Waals surface area contributed by atoms with Crippen LogP contribution in [0.25, 0.3) is 10.9 Å². The highest BCUT2D eigenvalue weighted by molar-refractivity contribution is 5.97. The van der Waals surface area contributed by atoms with Gasteiger partial charge in [-0.1, -0.05) is 24.3 Å². The van der Waals surface area contributed by atoms with Crippen molar-refractivity contribution in [1.82, 2.24) is 4.98 Å². The van der Waals surface area contributed by atoms with Gasteiger partial charge in [-0.25, -0.2) is 0 Å². The molecule has 0 atom stereocenters. The molecule has 0 unspecified atom stereocenters. The summed E-state index contributed by atoms with van der Waals surface area (Å²) in [6, 6.07) is 16.7. The fourth-order valence-electron chi connectivity index (χ4n) is 2.94. The summed E-state index contributed by atoms with van der Waals surface area (Å²) >= 11 is 0. The molecule has 0 bridgehead atoms. The molecule has 2 aromatic carbocycles. The average Bonchev–Trinajstić information content (AvgIpc) is 2.91. The molecular formula is C17H15N3. The number of aromatic nitrogens is 1.